The maximum atomic E-state index is 9.35. The van der Waals surface area contributed by atoms with Crippen LogP contribution in [0, 0.1) is 11.3 Å². The number of anilines is 1. The monoisotopic (exact) mass is 400 g/mol. The van der Waals surface area contributed by atoms with Gasteiger partial charge in [0, 0.05) is 31.1 Å². The fourth-order valence-electron chi connectivity index (χ4n) is 4.14. The molecule has 1 aliphatic carbocycles. The summed E-state index contributed by atoms with van der Waals surface area (Å²) in [6, 6.07) is 9.97. The second kappa shape index (κ2) is 6.93. The zero-order valence-electron chi connectivity index (χ0n) is 16.4. The Hall–Kier alpha value is -3.77. The molecule has 0 saturated heterocycles. The molecule has 4 aromatic rings. The third-order valence-electron chi connectivity index (χ3n) is 5.82. The van der Waals surface area contributed by atoms with Gasteiger partial charge in [-0.05, 0) is 37.1 Å². The third-order valence-corrected chi connectivity index (χ3v) is 5.82. The molecular weight excluding hydrogens is 380 g/mol. The second-order valence-corrected chi connectivity index (χ2v) is 7.58. The van der Waals surface area contributed by atoms with Gasteiger partial charge in [-0.2, -0.15) is 15.5 Å². The van der Waals surface area contributed by atoms with E-state index in [4.69, 9.17) is 20.6 Å². The Morgan fingerprint density at radius 2 is 2.23 bits per heavy atom. The number of aromatic nitrogens is 6. The lowest BCUT2D eigenvalue weighted by Crippen LogP contribution is -2.50. The Morgan fingerprint density at radius 3 is 2.97 bits per heavy atom. The summed E-state index contributed by atoms with van der Waals surface area (Å²) in [6.45, 7) is 0. The summed E-state index contributed by atoms with van der Waals surface area (Å²) in [4.78, 5) is 9.34. The highest BCUT2D eigenvalue weighted by molar-refractivity contribution is 5.94. The van der Waals surface area contributed by atoms with Gasteiger partial charge in [-0.25, -0.2) is 4.98 Å². The van der Waals surface area contributed by atoms with E-state index in [0.29, 0.717) is 29.2 Å². The van der Waals surface area contributed by atoms with Crippen molar-refractivity contribution in [2.45, 2.75) is 30.9 Å². The van der Waals surface area contributed by atoms with Gasteiger partial charge in [0.15, 0.2) is 5.82 Å². The van der Waals surface area contributed by atoms with Crippen LogP contribution in [0.3, 0.4) is 0 Å². The number of fused-ring (bicyclic) bond motifs is 1. The number of nitrogens with zero attached hydrogens (tertiary/aromatic N) is 6. The van der Waals surface area contributed by atoms with Gasteiger partial charge in [0.25, 0.3) is 0 Å². The van der Waals surface area contributed by atoms with Crippen LogP contribution in [0.5, 0.6) is 0 Å². The molecule has 0 spiro atoms. The van der Waals surface area contributed by atoms with Crippen molar-refractivity contribution < 1.29 is 4.74 Å². The molecule has 3 N–H and O–H groups in total. The van der Waals surface area contributed by atoms with E-state index < -0.39 is 0 Å². The average molecular weight is 400 g/mol. The smallest absolute Gasteiger partial charge is 0.154 e. The number of nitrogens with two attached hydrogens (primary N) is 1. The first-order chi connectivity index (χ1) is 14.6. The molecular formula is C21H20N8O. The summed E-state index contributed by atoms with van der Waals surface area (Å²) < 4.78 is 7.33. The Bertz CT molecular complexity index is 1260. The van der Waals surface area contributed by atoms with Gasteiger partial charge in [0.2, 0.25) is 0 Å². The van der Waals surface area contributed by atoms with Crippen molar-refractivity contribution in [2.24, 2.45) is 0 Å². The van der Waals surface area contributed by atoms with Crippen molar-refractivity contribution in [3.05, 3.63) is 42.9 Å². The van der Waals surface area contributed by atoms with E-state index in [1.54, 1.807) is 19.5 Å². The number of nitrogen functional groups attached to an aromatic ring is 1. The largest absolute Gasteiger partial charge is 0.382 e. The number of aromatic amines is 1. The first-order valence-electron chi connectivity index (χ1n) is 9.65. The molecule has 1 aliphatic rings. The van der Waals surface area contributed by atoms with Crippen LogP contribution in [-0.2, 0) is 10.3 Å². The Labute approximate surface area is 172 Å². The van der Waals surface area contributed by atoms with Crippen LogP contribution in [0.25, 0.3) is 33.5 Å². The van der Waals surface area contributed by atoms with Crippen LogP contribution < -0.4 is 5.73 Å². The molecule has 0 aliphatic heterocycles. The van der Waals surface area contributed by atoms with Crippen molar-refractivity contribution in [1.82, 2.24) is 29.9 Å². The van der Waals surface area contributed by atoms with Gasteiger partial charge < -0.3 is 10.5 Å². The van der Waals surface area contributed by atoms with Gasteiger partial charge in [-0.3, -0.25) is 14.8 Å². The molecule has 0 amide bonds. The van der Waals surface area contributed by atoms with Crippen LogP contribution in [0.15, 0.2) is 42.9 Å². The minimum absolute atomic E-state index is 0.154. The number of pyridine rings is 2. The van der Waals surface area contributed by atoms with Crippen molar-refractivity contribution in [1.29, 1.82) is 5.26 Å². The number of hydrogen-bond donors (Lipinski definition) is 2. The molecule has 5 rings (SSSR count). The van der Waals surface area contributed by atoms with Crippen LogP contribution in [0.4, 0.5) is 5.82 Å². The lowest BCUT2D eigenvalue weighted by molar-refractivity contribution is -0.0541. The number of hydrogen-bond acceptors (Lipinski definition) is 7. The zero-order chi connectivity index (χ0) is 20.7. The van der Waals surface area contributed by atoms with Gasteiger partial charge in [-0.15, -0.1) is 0 Å². The molecule has 0 unspecified atom stereocenters. The molecule has 30 heavy (non-hydrogen) atoms. The first kappa shape index (κ1) is 18.3. The van der Waals surface area contributed by atoms with Crippen molar-refractivity contribution in [2.75, 3.05) is 12.8 Å². The molecule has 150 valence electrons. The van der Waals surface area contributed by atoms with E-state index in [-0.39, 0.29) is 11.6 Å². The zero-order valence-corrected chi connectivity index (χ0v) is 16.4. The lowest BCUT2D eigenvalue weighted by atomic mass is 9.72. The van der Waals surface area contributed by atoms with Crippen molar-refractivity contribution in [3.63, 3.8) is 0 Å². The highest BCUT2D eigenvalue weighted by Crippen LogP contribution is 2.43. The molecule has 1 saturated carbocycles. The highest BCUT2D eigenvalue weighted by Gasteiger charge is 2.47. The molecule has 0 bridgehead atoms. The summed E-state index contributed by atoms with van der Waals surface area (Å²) in [7, 11) is 1.70. The van der Waals surface area contributed by atoms with E-state index in [1.807, 2.05) is 35.1 Å². The minimum Gasteiger partial charge on any atom is -0.382 e. The van der Waals surface area contributed by atoms with E-state index in [1.165, 1.54) is 0 Å². The van der Waals surface area contributed by atoms with Crippen LogP contribution in [-0.4, -0.2) is 43.2 Å². The topological polar surface area (TPSA) is 131 Å². The van der Waals surface area contributed by atoms with Gasteiger partial charge >= 0.3 is 0 Å². The fourth-order valence-corrected chi connectivity index (χ4v) is 4.14. The van der Waals surface area contributed by atoms with Gasteiger partial charge in [-0.1, -0.05) is 0 Å². The number of nitriles is 1. The maximum absolute atomic E-state index is 9.35. The number of rotatable bonds is 5. The SMILES string of the molecule is CO[C@H]1C[C@@](CC#N)(n2ccc(-c3nc(-c4c[nH]nc4N)cc4ncccc34)n2)C1. The Balaban J connectivity index is 1.62. The second-order valence-electron chi connectivity index (χ2n) is 7.58. The maximum Gasteiger partial charge on any atom is 0.154 e. The highest BCUT2D eigenvalue weighted by atomic mass is 16.5. The normalized spacial score (nSPS) is 20.7. The summed E-state index contributed by atoms with van der Waals surface area (Å²) >= 11 is 0. The molecule has 4 heterocycles. The molecule has 1 fully saturated rings. The van der Waals surface area contributed by atoms with Gasteiger partial charge in [0.05, 0.1) is 40.9 Å². The average Bonchev–Trinajstić information content (AvgIpc) is 3.39. The summed E-state index contributed by atoms with van der Waals surface area (Å²) in [6.07, 6.45) is 7.45. The van der Waals surface area contributed by atoms with E-state index in [0.717, 1.165) is 29.4 Å². The number of nitrogens with one attached hydrogen (secondary N) is 1. The lowest BCUT2D eigenvalue weighted by Gasteiger charge is -2.45. The molecule has 4 aromatic heterocycles. The van der Waals surface area contributed by atoms with Gasteiger partial charge in [0.1, 0.15) is 11.4 Å². The predicted octanol–water partition coefficient (Wildman–Crippen LogP) is 2.88. The van der Waals surface area contributed by atoms with Crippen LogP contribution in [0.2, 0.25) is 0 Å². The molecule has 9 nitrogen and oxygen atoms in total. The fraction of sp³-hybridized carbons (Fsp3) is 0.286. The van der Waals surface area contributed by atoms with Crippen molar-refractivity contribution >= 4 is 16.7 Å². The Morgan fingerprint density at radius 1 is 1.37 bits per heavy atom. The first-order valence-corrected chi connectivity index (χ1v) is 9.65. The van der Waals surface area contributed by atoms with Crippen molar-refractivity contribution in [3.8, 4) is 28.7 Å². The summed E-state index contributed by atoms with van der Waals surface area (Å²) in [5.41, 5.74) is 9.26. The third kappa shape index (κ3) is 2.81. The molecule has 0 aromatic carbocycles. The van der Waals surface area contributed by atoms with E-state index in [2.05, 4.69) is 21.3 Å². The quantitative estimate of drug-likeness (QED) is 0.526. The number of ether oxygens (including phenoxy) is 1. The van der Waals surface area contributed by atoms with Crippen LogP contribution >= 0.6 is 0 Å². The standard InChI is InChI=1S/C21H20N8O/c1-30-13-10-21(11-13,5-6-22)29-8-4-16(28-29)19-14-3-2-7-24-17(14)9-18(26-19)15-12-25-27-20(15)23/h2-4,7-9,12-13H,5,10-11H2,1H3,(H3,23,25,27)/t13-,21+. The van der Waals surface area contributed by atoms with E-state index in [9.17, 15) is 5.26 Å². The number of H-pyrrole nitrogens is 1. The summed E-state index contributed by atoms with van der Waals surface area (Å²) in [5, 5.41) is 21.8. The molecule has 0 radical (unpaired) electrons. The van der Waals surface area contributed by atoms with E-state index >= 15 is 0 Å². The predicted molar refractivity (Wildman–Crippen MR) is 111 cm³/mol. The molecule has 9 heteroatoms. The summed E-state index contributed by atoms with van der Waals surface area (Å²) in [5.74, 6) is 0.377. The number of methoxy groups -OCH3 is 1. The molecule has 0 atom stereocenters. The minimum atomic E-state index is -0.339. The Kier molecular flexibility index (Phi) is 4.22. The van der Waals surface area contributed by atoms with Crippen LogP contribution in [0.1, 0.15) is 19.3 Å².